The zero-order chi connectivity index (χ0) is 13.1. The van der Waals surface area contributed by atoms with Gasteiger partial charge in [0.2, 0.25) is 0 Å². The number of benzene rings is 1. The summed E-state index contributed by atoms with van der Waals surface area (Å²) >= 11 is 14.2. The highest BCUT2D eigenvalue weighted by Gasteiger charge is 2.16. The van der Waals surface area contributed by atoms with E-state index in [1.54, 1.807) is 11.3 Å². The summed E-state index contributed by atoms with van der Waals surface area (Å²) in [6.45, 7) is 2.13. The molecule has 96 valence electrons. The minimum Gasteiger partial charge on any atom is -0.313 e. The molecule has 1 atom stereocenters. The maximum absolute atomic E-state index is 6.22. The molecule has 18 heavy (non-hydrogen) atoms. The summed E-state index contributed by atoms with van der Waals surface area (Å²) in [5, 5.41) is 9.14. The lowest BCUT2D eigenvalue weighted by atomic mass is 9.99. The van der Waals surface area contributed by atoms with Crippen LogP contribution < -0.4 is 5.32 Å². The first-order valence-corrected chi connectivity index (χ1v) is 7.46. The number of likely N-dealkylation sites (N-methyl/N-ethyl adjacent to an activating group) is 1. The molecular formula is C14H15Cl2NS. The van der Waals surface area contributed by atoms with E-state index in [-0.39, 0.29) is 6.04 Å². The molecule has 4 heteroatoms. The highest BCUT2D eigenvalue weighted by atomic mass is 35.5. The van der Waals surface area contributed by atoms with Crippen molar-refractivity contribution in [3.8, 4) is 0 Å². The molecule has 1 aromatic heterocycles. The Labute approximate surface area is 122 Å². The topological polar surface area (TPSA) is 12.0 Å². The maximum atomic E-state index is 6.22. The third-order valence-corrected chi connectivity index (χ3v) is 4.68. The molecule has 0 bridgehead atoms. The Kier molecular flexibility index (Phi) is 4.68. The number of thiophene rings is 1. The molecule has 0 saturated carbocycles. The summed E-state index contributed by atoms with van der Waals surface area (Å²) in [6, 6.07) is 5.89. The summed E-state index contributed by atoms with van der Waals surface area (Å²) in [5.74, 6) is 0. The fourth-order valence-electron chi connectivity index (χ4n) is 2.03. The van der Waals surface area contributed by atoms with Crippen molar-refractivity contribution in [2.45, 2.75) is 19.4 Å². The predicted molar refractivity (Wildman–Crippen MR) is 81.0 cm³/mol. The highest BCUT2D eigenvalue weighted by Crippen LogP contribution is 2.31. The lowest BCUT2D eigenvalue weighted by Crippen LogP contribution is -2.19. The third kappa shape index (κ3) is 2.89. The van der Waals surface area contributed by atoms with Gasteiger partial charge in [-0.3, -0.25) is 0 Å². The number of hydrogen-bond acceptors (Lipinski definition) is 2. The molecule has 0 saturated heterocycles. The van der Waals surface area contributed by atoms with E-state index in [0.29, 0.717) is 0 Å². The van der Waals surface area contributed by atoms with Gasteiger partial charge in [-0.2, -0.15) is 11.3 Å². The van der Waals surface area contributed by atoms with Crippen molar-refractivity contribution in [3.05, 3.63) is 55.7 Å². The van der Waals surface area contributed by atoms with Crippen LogP contribution in [0.15, 0.2) is 29.0 Å². The number of halogens is 2. The number of aryl methyl sites for hydroxylation is 1. The summed E-state index contributed by atoms with van der Waals surface area (Å²) in [6.07, 6.45) is 0.798. The van der Waals surface area contributed by atoms with Crippen LogP contribution in [-0.4, -0.2) is 7.05 Å². The van der Waals surface area contributed by atoms with Crippen LogP contribution in [0.4, 0.5) is 0 Å². The van der Waals surface area contributed by atoms with Gasteiger partial charge in [0.05, 0.1) is 0 Å². The van der Waals surface area contributed by atoms with Crippen molar-refractivity contribution in [2.75, 3.05) is 7.05 Å². The van der Waals surface area contributed by atoms with Gasteiger partial charge >= 0.3 is 0 Å². The standard InChI is InChI=1S/C14H15Cl2NS/c1-9-7-18-8-11(9)14(17-2)6-10-12(15)4-3-5-13(10)16/h3-5,7-8,14,17H,6H2,1-2H3. The van der Waals surface area contributed by atoms with Crippen molar-refractivity contribution in [1.29, 1.82) is 0 Å². The molecule has 2 rings (SSSR count). The molecule has 0 aliphatic carbocycles. The fraction of sp³-hybridized carbons (Fsp3) is 0.286. The highest BCUT2D eigenvalue weighted by molar-refractivity contribution is 7.08. The van der Waals surface area contributed by atoms with Crippen molar-refractivity contribution in [1.82, 2.24) is 5.32 Å². The monoisotopic (exact) mass is 299 g/mol. The van der Waals surface area contributed by atoms with E-state index < -0.39 is 0 Å². The van der Waals surface area contributed by atoms with Crippen molar-refractivity contribution in [3.63, 3.8) is 0 Å². The Bertz CT molecular complexity index is 516. The predicted octanol–water partition coefficient (Wildman–Crippen LogP) is 4.87. The maximum Gasteiger partial charge on any atom is 0.0453 e. The summed E-state index contributed by atoms with van der Waals surface area (Å²) < 4.78 is 0. The Morgan fingerprint density at radius 2 is 1.89 bits per heavy atom. The molecule has 1 N–H and O–H groups in total. The van der Waals surface area contributed by atoms with Gasteiger partial charge in [-0.05, 0) is 60.0 Å². The van der Waals surface area contributed by atoms with Gasteiger partial charge in [0.15, 0.2) is 0 Å². The van der Waals surface area contributed by atoms with Crippen LogP contribution in [0, 0.1) is 6.92 Å². The second kappa shape index (κ2) is 6.07. The smallest absolute Gasteiger partial charge is 0.0453 e. The van der Waals surface area contributed by atoms with Gasteiger partial charge < -0.3 is 5.32 Å². The Morgan fingerprint density at radius 1 is 1.22 bits per heavy atom. The van der Waals surface area contributed by atoms with E-state index in [9.17, 15) is 0 Å². The van der Waals surface area contributed by atoms with Crippen LogP contribution in [0.5, 0.6) is 0 Å². The average Bonchev–Trinajstić information content (AvgIpc) is 2.76. The molecule has 1 unspecified atom stereocenters. The number of rotatable bonds is 4. The quantitative estimate of drug-likeness (QED) is 0.849. The van der Waals surface area contributed by atoms with E-state index in [4.69, 9.17) is 23.2 Å². The second-order valence-electron chi connectivity index (χ2n) is 4.26. The van der Waals surface area contributed by atoms with Gasteiger partial charge in [-0.15, -0.1) is 0 Å². The largest absolute Gasteiger partial charge is 0.313 e. The van der Waals surface area contributed by atoms with Crippen molar-refractivity contribution < 1.29 is 0 Å². The minimum atomic E-state index is 0.244. The second-order valence-corrected chi connectivity index (χ2v) is 5.81. The molecular weight excluding hydrogens is 285 g/mol. The van der Waals surface area contributed by atoms with Crippen LogP contribution in [0.3, 0.4) is 0 Å². The van der Waals surface area contributed by atoms with Gasteiger partial charge in [0, 0.05) is 16.1 Å². The zero-order valence-corrected chi connectivity index (χ0v) is 12.7. The lowest BCUT2D eigenvalue weighted by molar-refractivity contribution is 0.591. The van der Waals surface area contributed by atoms with Gasteiger partial charge in [-0.1, -0.05) is 29.3 Å². The molecule has 0 radical (unpaired) electrons. The van der Waals surface area contributed by atoms with E-state index >= 15 is 0 Å². The SMILES string of the molecule is CNC(Cc1c(Cl)cccc1Cl)c1cscc1C. The average molecular weight is 300 g/mol. The van der Waals surface area contributed by atoms with Crippen LogP contribution >= 0.6 is 34.5 Å². The Balaban J connectivity index is 2.29. The lowest BCUT2D eigenvalue weighted by Gasteiger charge is -2.18. The molecule has 0 aliphatic heterocycles. The number of hydrogen-bond donors (Lipinski definition) is 1. The molecule has 1 heterocycles. The van der Waals surface area contributed by atoms with E-state index in [0.717, 1.165) is 22.0 Å². The molecule has 0 spiro atoms. The summed E-state index contributed by atoms with van der Waals surface area (Å²) in [7, 11) is 1.96. The molecule has 0 fully saturated rings. The molecule has 0 amide bonds. The zero-order valence-electron chi connectivity index (χ0n) is 10.3. The minimum absolute atomic E-state index is 0.244. The van der Waals surface area contributed by atoms with Crippen LogP contribution in [0.1, 0.15) is 22.7 Å². The normalized spacial score (nSPS) is 12.7. The van der Waals surface area contributed by atoms with Crippen LogP contribution in [0.25, 0.3) is 0 Å². The third-order valence-electron chi connectivity index (χ3n) is 3.09. The van der Waals surface area contributed by atoms with Gasteiger partial charge in [-0.25, -0.2) is 0 Å². The van der Waals surface area contributed by atoms with Gasteiger partial charge in [0.25, 0.3) is 0 Å². The van der Waals surface area contributed by atoms with Gasteiger partial charge in [0.1, 0.15) is 0 Å². The van der Waals surface area contributed by atoms with Crippen molar-refractivity contribution >= 4 is 34.5 Å². The first kappa shape index (κ1) is 13.9. The molecule has 0 aliphatic rings. The fourth-order valence-corrected chi connectivity index (χ4v) is 3.48. The first-order valence-electron chi connectivity index (χ1n) is 5.76. The molecule has 1 nitrogen and oxygen atoms in total. The molecule has 1 aromatic carbocycles. The van der Waals surface area contributed by atoms with Crippen LogP contribution in [-0.2, 0) is 6.42 Å². The van der Waals surface area contributed by atoms with E-state index in [1.165, 1.54) is 11.1 Å². The summed E-state index contributed by atoms with van der Waals surface area (Å²) in [4.78, 5) is 0. The first-order chi connectivity index (χ1) is 8.63. The van der Waals surface area contributed by atoms with E-state index in [1.807, 2.05) is 25.2 Å². The van der Waals surface area contributed by atoms with E-state index in [2.05, 4.69) is 23.0 Å². The Hall–Kier alpha value is -0.540. The summed E-state index contributed by atoms with van der Waals surface area (Å²) in [5.41, 5.74) is 3.63. The number of nitrogens with one attached hydrogen (secondary N) is 1. The van der Waals surface area contributed by atoms with Crippen LogP contribution in [0.2, 0.25) is 10.0 Å². The Morgan fingerprint density at radius 3 is 2.39 bits per heavy atom. The molecule has 2 aromatic rings. The van der Waals surface area contributed by atoms with Crippen molar-refractivity contribution in [2.24, 2.45) is 0 Å².